The number of alkyl halides is 3. The molecule has 0 atom stereocenters. The number of hydrogen-bond acceptors (Lipinski definition) is 4. The van der Waals surface area contributed by atoms with Gasteiger partial charge in [0.15, 0.2) is 5.52 Å². The van der Waals surface area contributed by atoms with Crippen LogP contribution in [0.2, 0.25) is 0 Å². The molecule has 0 aliphatic rings. The molecule has 2 heterocycles. The first-order valence-corrected chi connectivity index (χ1v) is 10.6. The molecule has 8 heteroatoms. The molecule has 0 aliphatic carbocycles. The van der Waals surface area contributed by atoms with Crippen molar-refractivity contribution in [3.63, 3.8) is 0 Å². The number of rotatable bonds is 5. The summed E-state index contributed by atoms with van der Waals surface area (Å²) in [5.41, 5.74) is 2.27. The van der Waals surface area contributed by atoms with E-state index in [1.807, 2.05) is 48.5 Å². The highest BCUT2D eigenvalue weighted by atomic mass is 19.4. The minimum atomic E-state index is -4.44. The second-order valence-electron chi connectivity index (χ2n) is 7.93. The number of aromatic nitrogens is 3. The number of pyridine rings is 1. The molecule has 0 spiro atoms. The molecule has 0 saturated heterocycles. The SMILES string of the molecule is COc1ccc(CCc2nc3c(O)n(-c4ccc(C(F)(F)F)cc4)nc3c3ccccc23)cc1. The van der Waals surface area contributed by atoms with Crippen molar-refractivity contribution in [3.05, 3.63) is 89.6 Å². The summed E-state index contributed by atoms with van der Waals surface area (Å²) in [5, 5.41) is 17.1. The molecule has 0 aliphatic heterocycles. The van der Waals surface area contributed by atoms with Gasteiger partial charge in [0.25, 0.3) is 0 Å². The van der Waals surface area contributed by atoms with Crippen molar-refractivity contribution in [2.75, 3.05) is 7.11 Å². The molecule has 3 aromatic carbocycles. The van der Waals surface area contributed by atoms with Gasteiger partial charge in [-0.3, -0.25) is 0 Å². The lowest BCUT2D eigenvalue weighted by molar-refractivity contribution is -0.137. The zero-order valence-corrected chi connectivity index (χ0v) is 18.2. The van der Waals surface area contributed by atoms with Gasteiger partial charge in [0.05, 0.1) is 18.4 Å². The van der Waals surface area contributed by atoms with Gasteiger partial charge in [-0.15, -0.1) is 0 Å². The number of aromatic hydroxyl groups is 1. The normalized spacial score (nSPS) is 11.9. The molecule has 0 unspecified atom stereocenters. The van der Waals surface area contributed by atoms with E-state index in [1.165, 1.54) is 16.8 Å². The Labute approximate surface area is 193 Å². The highest BCUT2D eigenvalue weighted by Crippen LogP contribution is 2.34. The van der Waals surface area contributed by atoms with Crippen LogP contribution in [0.3, 0.4) is 0 Å². The maximum Gasteiger partial charge on any atom is 0.416 e. The summed E-state index contributed by atoms with van der Waals surface area (Å²) >= 11 is 0. The number of nitrogens with zero attached hydrogens (tertiary/aromatic N) is 3. The second-order valence-corrected chi connectivity index (χ2v) is 7.93. The van der Waals surface area contributed by atoms with Crippen LogP contribution >= 0.6 is 0 Å². The summed E-state index contributed by atoms with van der Waals surface area (Å²) in [6, 6.07) is 20.0. The highest BCUT2D eigenvalue weighted by Gasteiger charge is 2.30. The van der Waals surface area contributed by atoms with Crippen molar-refractivity contribution in [2.24, 2.45) is 0 Å². The van der Waals surface area contributed by atoms with E-state index in [9.17, 15) is 18.3 Å². The zero-order chi connectivity index (χ0) is 23.9. The van der Waals surface area contributed by atoms with Gasteiger partial charge in [-0.05, 0) is 54.8 Å². The van der Waals surface area contributed by atoms with Crippen LogP contribution in [-0.4, -0.2) is 27.0 Å². The Balaban J connectivity index is 1.56. The second kappa shape index (κ2) is 8.37. The van der Waals surface area contributed by atoms with Crippen LogP contribution in [0.1, 0.15) is 16.8 Å². The minimum Gasteiger partial charge on any atom is -0.497 e. The van der Waals surface area contributed by atoms with Crippen LogP contribution in [0.15, 0.2) is 72.8 Å². The Hall–Kier alpha value is -4.07. The summed E-state index contributed by atoms with van der Waals surface area (Å²) in [6.07, 6.45) is -3.07. The van der Waals surface area contributed by atoms with Gasteiger partial charge in [-0.1, -0.05) is 36.4 Å². The van der Waals surface area contributed by atoms with Gasteiger partial charge >= 0.3 is 6.18 Å². The van der Waals surface area contributed by atoms with Crippen molar-refractivity contribution in [3.8, 4) is 17.3 Å². The van der Waals surface area contributed by atoms with E-state index in [1.54, 1.807) is 7.11 Å². The van der Waals surface area contributed by atoms with Crippen molar-refractivity contribution in [1.82, 2.24) is 14.8 Å². The summed E-state index contributed by atoms with van der Waals surface area (Å²) in [5.74, 6) is 0.570. The van der Waals surface area contributed by atoms with Gasteiger partial charge in [0, 0.05) is 16.5 Å². The van der Waals surface area contributed by atoms with E-state index in [0.717, 1.165) is 46.3 Å². The molecular formula is C26H20F3N3O2. The first-order chi connectivity index (χ1) is 16.3. The molecule has 5 nitrogen and oxygen atoms in total. The molecule has 5 rings (SSSR count). The first-order valence-electron chi connectivity index (χ1n) is 10.6. The molecule has 0 amide bonds. The largest absolute Gasteiger partial charge is 0.497 e. The van der Waals surface area contributed by atoms with Crippen molar-refractivity contribution >= 4 is 21.8 Å². The lowest BCUT2D eigenvalue weighted by Crippen LogP contribution is -2.05. The fraction of sp³-hybridized carbons (Fsp3) is 0.154. The van der Waals surface area contributed by atoms with Crippen LogP contribution in [0, 0.1) is 0 Å². The third kappa shape index (κ3) is 3.91. The van der Waals surface area contributed by atoms with Gasteiger partial charge in [-0.2, -0.15) is 23.0 Å². The maximum atomic E-state index is 12.9. The first kappa shape index (κ1) is 21.8. The predicted molar refractivity (Wildman–Crippen MR) is 123 cm³/mol. The molecule has 0 bridgehead atoms. The summed E-state index contributed by atoms with van der Waals surface area (Å²) in [6.45, 7) is 0. The molecular weight excluding hydrogens is 443 g/mol. The van der Waals surface area contributed by atoms with Gasteiger partial charge < -0.3 is 9.84 Å². The molecule has 0 radical (unpaired) electrons. The van der Waals surface area contributed by atoms with Crippen LogP contribution in [0.5, 0.6) is 11.6 Å². The average molecular weight is 463 g/mol. The quantitative estimate of drug-likeness (QED) is 0.343. The molecule has 0 saturated carbocycles. The fourth-order valence-electron chi connectivity index (χ4n) is 4.04. The number of hydrogen-bond donors (Lipinski definition) is 1. The van der Waals surface area contributed by atoms with E-state index >= 15 is 0 Å². The zero-order valence-electron chi connectivity index (χ0n) is 18.2. The fourth-order valence-corrected chi connectivity index (χ4v) is 4.04. The van der Waals surface area contributed by atoms with Crippen LogP contribution in [0.25, 0.3) is 27.5 Å². The number of benzene rings is 3. The Morgan fingerprint density at radius 2 is 1.53 bits per heavy atom. The Bertz CT molecular complexity index is 1470. The lowest BCUT2D eigenvalue weighted by atomic mass is 10.0. The topological polar surface area (TPSA) is 60.2 Å². The molecule has 5 aromatic rings. The van der Waals surface area contributed by atoms with Crippen molar-refractivity contribution < 1.29 is 23.0 Å². The van der Waals surface area contributed by atoms with E-state index in [0.29, 0.717) is 23.1 Å². The Morgan fingerprint density at radius 3 is 2.18 bits per heavy atom. The van der Waals surface area contributed by atoms with E-state index < -0.39 is 11.7 Å². The molecule has 1 N–H and O–H groups in total. The molecule has 2 aromatic heterocycles. The average Bonchev–Trinajstić information content (AvgIpc) is 3.19. The van der Waals surface area contributed by atoms with Crippen molar-refractivity contribution in [2.45, 2.75) is 19.0 Å². The Kier molecular flexibility index (Phi) is 5.36. The van der Waals surface area contributed by atoms with Crippen LogP contribution in [-0.2, 0) is 19.0 Å². The van der Waals surface area contributed by atoms with Crippen LogP contribution < -0.4 is 4.74 Å². The van der Waals surface area contributed by atoms with Gasteiger partial charge in [-0.25, -0.2) is 4.98 Å². The number of methoxy groups -OCH3 is 1. The Morgan fingerprint density at radius 1 is 0.853 bits per heavy atom. The monoisotopic (exact) mass is 463 g/mol. The summed E-state index contributed by atoms with van der Waals surface area (Å²) in [7, 11) is 1.62. The molecule has 34 heavy (non-hydrogen) atoms. The summed E-state index contributed by atoms with van der Waals surface area (Å²) < 4.78 is 45.2. The smallest absolute Gasteiger partial charge is 0.416 e. The molecule has 172 valence electrons. The standard InChI is InChI=1S/C26H20F3N3O2/c1-34-19-13-6-16(7-14-19)8-15-22-20-4-2-3-5-21(20)23-24(30-22)25(33)32(31-23)18-11-9-17(10-12-18)26(27,28)29/h2-7,9-14,33H,8,15H2,1H3. The third-order valence-corrected chi connectivity index (χ3v) is 5.83. The minimum absolute atomic E-state index is 0.216. The van der Waals surface area contributed by atoms with Crippen LogP contribution in [0.4, 0.5) is 13.2 Å². The predicted octanol–water partition coefficient (Wildman–Crippen LogP) is 6.09. The molecule has 0 fully saturated rings. The number of ether oxygens (including phenoxy) is 1. The summed E-state index contributed by atoms with van der Waals surface area (Å²) in [4.78, 5) is 4.72. The lowest BCUT2D eigenvalue weighted by Gasteiger charge is -2.08. The third-order valence-electron chi connectivity index (χ3n) is 5.83. The highest BCUT2D eigenvalue weighted by molar-refractivity contribution is 6.06. The van der Waals surface area contributed by atoms with Crippen molar-refractivity contribution in [1.29, 1.82) is 0 Å². The van der Waals surface area contributed by atoms with E-state index in [4.69, 9.17) is 9.72 Å². The number of aryl methyl sites for hydroxylation is 2. The van der Waals surface area contributed by atoms with Gasteiger partial charge in [0.1, 0.15) is 11.3 Å². The van der Waals surface area contributed by atoms with E-state index in [-0.39, 0.29) is 5.88 Å². The van der Waals surface area contributed by atoms with E-state index in [2.05, 4.69) is 5.10 Å². The maximum absolute atomic E-state index is 12.9. The number of fused-ring (bicyclic) bond motifs is 3. The van der Waals surface area contributed by atoms with Gasteiger partial charge in [0.2, 0.25) is 5.88 Å². The number of halogens is 3.